The topological polar surface area (TPSA) is 123 Å². The van der Waals surface area contributed by atoms with Gasteiger partial charge in [-0.15, -0.1) is 0 Å². The minimum Gasteiger partial charge on any atom is -0.481 e. The SMILES string of the molecule is Cc1c(-c2ccnn2-c2ccc(C#N)cc2)c(=O)n([C@H](C)CC(=O)O)c(=O)n1-c1cccc(C(F)(F)F)c1. The van der Waals surface area contributed by atoms with Crippen molar-refractivity contribution >= 4 is 5.97 Å². The Balaban J connectivity index is 2.06. The van der Waals surface area contributed by atoms with E-state index in [-0.39, 0.29) is 22.6 Å². The van der Waals surface area contributed by atoms with Gasteiger partial charge < -0.3 is 5.11 Å². The first-order valence-corrected chi connectivity index (χ1v) is 11.3. The highest BCUT2D eigenvalue weighted by Crippen LogP contribution is 2.31. The lowest BCUT2D eigenvalue weighted by atomic mass is 10.1. The summed E-state index contributed by atoms with van der Waals surface area (Å²) in [6.45, 7) is 2.78. The molecule has 0 unspecified atom stereocenters. The summed E-state index contributed by atoms with van der Waals surface area (Å²) in [4.78, 5) is 38.7. The average Bonchev–Trinajstić information content (AvgIpc) is 3.32. The van der Waals surface area contributed by atoms with Gasteiger partial charge >= 0.3 is 17.8 Å². The lowest BCUT2D eigenvalue weighted by molar-refractivity contribution is -0.138. The fourth-order valence-corrected chi connectivity index (χ4v) is 4.25. The summed E-state index contributed by atoms with van der Waals surface area (Å²) in [6, 6.07) is 12.7. The van der Waals surface area contributed by atoms with E-state index in [9.17, 15) is 32.7 Å². The van der Waals surface area contributed by atoms with Gasteiger partial charge in [-0.1, -0.05) is 6.07 Å². The number of nitrogens with zero attached hydrogens (tertiary/aromatic N) is 5. The second-order valence-electron chi connectivity index (χ2n) is 8.54. The third kappa shape index (κ3) is 4.73. The fourth-order valence-electron chi connectivity index (χ4n) is 4.25. The molecule has 2 heterocycles. The van der Waals surface area contributed by atoms with E-state index >= 15 is 0 Å². The molecule has 0 saturated carbocycles. The monoisotopic (exact) mass is 523 g/mol. The van der Waals surface area contributed by atoms with Crippen molar-refractivity contribution in [3.8, 4) is 28.7 Å². The molecule has 38 heavy (non-hydrogen) atoms. The zero-order valence-electron chi connectivity index (χ0n) is 20.1. The van der Waals surface area contributed by atoms with Crippen molar-refractivity contribution in [2.45, 2.75) is 32.5 Å². The number of aliphatic carboxylic acids is 1. The molecule has 1 N–H and O–H groups in total. The van der Waals surface area contributed by atoms with Gasteiger partial charge in [0.2, 0.25) is 0 Å². The number of nitriles is 1. The highest BCUT2D eigenvalue weighted by atomic mass is 19.4. The van der Waals surface area contributed by atoms with Crippen LogP contribution in [0.4, 0.5) is 13.2 Å². The quantitative estimate of drug-likeness (QED) is 0.406. The van der Waals surface area contributed by atoms with Crippen LogP contribution in [-0.2, 0) is 11.0 Å². The molecule has 0 aliphatic heterocycles. The minimum atomic E-state index is -4.68. The van der Waals surface area contributed by atoms with Crippen LogP contribution in [0.5, 0.6) is 0 Å². The number of halogens is 3. The van der Waals surface area contributed by atoms with Crippen LogP contribution in [0.15, 0.2) is 70.4 Å². The van der Waals surface area contributed by atoms with Crippen molar-refractivity contribution in [3.63, 3.8) is 0 Å². The Kier molecular flexibility index (Phi) is 6.78. The Hall–Kier alpha value is -4.92. The van der Waals surface area contributed by atoms with Gasteiger partial charge in [-0.2, -0.15) is 23.5 Å². The van der Waals surface area contributed by atoms with Gasteiger partial charge in [-0.25, -0.2) is 9.48 Å². The molecule has 0 saturated heterocycles. The van der Waals surface area contributed by atoms with E-state index in [1.807, 2.05) is 6.07 Å². The summed E-state index contributed by atoms with van der Waals surface area (Å²) in [6.07, 6.45) is -3.86. The molecule has 9 nitrogen and oxygen atoms in total. The van der Waals surface area contributed by atoms with Crippen LogP contribution in [0.25, 0.3) is 22.6 Å². The van der Waals surface area contributed by atoms with Crippen LogP contribution in [0.3, 0.4) is 0 Å². The van der Waals surface area contributed by atoms with Crippen LogP contribution in [0.1, 0.15) is 36.2 Å². The molecule has 0 bridgehead atoms. The first kappa shape index (κ1) is 26.2. The van der Waals surface area contributed by atoms with Crippen molar-refractivity contribution in [2.24, 2.45) is 0 Å². The first-order chi connectivity index (χ1) is 17.9. The van der Waals surface area contributed by atoms with Crippen molar-refractivity contribution in [3.05, 3.63) is 98.5 Å². The molecule has 12 heteroatoms. The maximum absolute atomic E-state index is 13.7. The summed E-state index contributed by atoms with van der Waals surface area (Å²) >= 11 is 0. The summed E-state index contributed by atoms with van der Waals surface area (Å²) in [5.74, 6) is -1.26. The number of hydrogen-bond donors (Lipinski definition) is 1. The van der Waals surface area contributed by atoms with E-state index in [0.717, 1.165) is 27.3 Å². The van der Waals surface area contributed by atoms with Crippen molar-refractivity contribution in [2.75, 3.05) is 0 Å². The molecule has 0 spiro atoms. The average molecular weight is 523 g/mol. The first-order valence-electron chi connectivity index (χ1n) is 11.3. The molecule has 4 aromatic rings. The predicted octanol–water partition coefficient (Wildman–Crippen LogP) is 4.09. The minimum absolute atomic E-state index is 0.0356. The molecule has 194 valence electrons. The van der Waals surface area contributed by atoms with Gasteiger partial charge in [0.15, 0.2) is 0 Å². The van der Waals surface area contributed by atoms with Crippen molar-refractivity contribution in [1.29, 1.82) is 5.26 Å². The number of carbonyl (C=O) groups is 1. The molecule has 0 aliphatic carbocycles. The highest BCUT2D eigenvalue weighted by molar-refractivity contribution is 5.67. The van der Waals surface area contributed by atoms with Gasteiger partial charge in [0, 0.05) is 11.7 Å². The van der Waals surface area contributed by atoms with Crippen molar-refractivity contribution in [1.82, 2.24) is 18.9 Å². The maximum atomic E-state index is 13.7. The number of carboxylic acid groups (broad SMARTS) is 1. The van der Waals surface area contributed by atoms with Gasteiger partial charge in [0.05, 0.1) is 52.4 Å². The molecule has 0 radical (unpaired) electrons. The van der Waals surface area contributed by atoms with Crippen LogP contribution in [-0.4, -0.2) is 30.0 Å². The van der Waals surface area contributed by atoms with Gasteiger partial charge in [-0.05, 0) is 62.4 Å². The smallest absolute Gasteiger partial charge is 0.416 e. The summed E-state index contributed by atoms with van der Waals surface area (Å²) in [5, 5.41) is 22.6. The largest absolute Gasteiger partial charge is 0.481 e. The third-order valence-electron chi connectivity index (χ3n) is 6.01. The second kappa shape index (κ2) is 9.85. The number of carboxylic acids is 1. The number of alkyl halides is 3. The van der Waals surface area contributed by atoms with E-state index < -0.39 is 41.4 Å². The highest BCUT2D eigenvalue weighted by Gasteiger charge is 2.31. The van der Waals surface area contributed by atoms with Gasteiger partial charge in [0.1, 0.15) is 0 Å². The predicted molar refractivity (Wildman–Crippen MR) is 130 cm³/mol. The molecule has 0 aliphatic rings. The van der Waals surface area contributed by atoms with Crippen LogP contribution >= 0.6 is 0 Å². The Morgan fingerprint density at radius 1 is 1.11 bits per heavy atom. The van der Waals surface area contributed by atoms with E-state index in [1.54, 1.807) is 24.3 Å². The lowest BCUT2D eigenvalue weighted by Crippen LogP contribution is -2.43. The van der Waals surface area contributed by atoms with Gasteiger partial charge in [0.25, 0.3) is 5.56 Å². The Labute approximate surface area is 213 Å². The molecule has 2 aromatic heterocycles. The van der Waals surface area contributed by atoms with Crippen molar-refractivity contribution < 1.29 is 23.1 Å². The molecule has 0 amide bonds. The zero-order chi connectivity index (χ0) is 27.8. The maximum Gasteiger partial charge on any atom is 0.416 e. The Morgan fingerprint density at radius 3 is 2.39 bits per heavy atom. The number of rotatable bonds is 6. The van der Waals surface area contributed by atoms with E-state index in [4.69, 9.17) is 5.26 Å². The van der Waals surface area contributed by atoms with Crippen LogP contribution < -0.4 is 11.2 Å². The van der Waals surface area contributed by atoms with E-state index in [0.29, 0.717) is 11.3 Å². The number of aromatic nitrogens is 4. The number of hydrogen-bond acceptors (Lipinski definition) is 5. The molecule has 4 rings (SSSR count). The number of benzene rings is 2. The third-order valence-corrected chi connectivity index (χ3v) is 6.01. The molecule has 2 aromatic carbocycles. The van der Waals surface area contributed by atoms with Gasteiger partial charge in [-0.3, -0.25) is 18.7 Å². The lowest BCUT2D eigenvalue weighted by Gasteiger charge is -2.21. The van der Waals surface area contributed by atoms with E-state index in [1.165, 1.54) is 36.9 Å². The summed E-state index contributed by atoms with van der Waals surface area (Å²) < 4.78 is 43.4. The zero-order valence-corrected chi connectivity index (χ0v) is 20.1. The Morgan fingerprint density at radius 2 is 1.79 bits per heavy atom. The summed E-state index contributed by atoms with van der Waals surface area (Å²) in [5.41, 5.74) is -1.88. The molecule has 0 fully saturated rings. The molecular weight excluding hydrogens is 503 g/mol. The van der Waals surface area contributed by atoms with Crippen LogP contribution in [0.2, 0.25) is 0 Å². The standard InChI is InChI=1S/C26H20F3N5O4/c1-15(12-22(35)36)32-24(37)23(21-10-11-31-34(21)19-8-6-17(14-30)7-9-19)16(2)33(25(32)38)20-5-3-4-18(13-20)26(27,28)29/h3-11,13,15H,12H2,1-2H3,(H,35,36)/t15-/m1/s1. The summed E-state index contributed by atoms with van der Waals surface area (Å²) in [7, 11) is 0. The molecule has 1 atom stereocenters. The van der Waals surface area contributed by atoms with Crippen LogP contribution in [0, 0.1) is 18.3 Å². The van der Waals surface area contributed by atoms with E-state index in [2.05, 4.69) is 5.10 Å². The fraction of sp³-hybridized carbons (Fsp3) is 0.192. The second-order valence-corrected chi connectivity index (χ2v) is 8.54. The molecular formula is C26H20F3N5O4. The normalized spacial score (nSPS) is 12.2. The Bertz CT molecular complexity index is 1690.